The molecular formula is C25H24FN3O2. The normalized spacial score (nSPS) is 13.0. The summed E-state index contributed by atoms with van der Waals surface area (Å²) in [5, 5.41) is 7.42. The van der Waals surface area contributed by atoms with Gasteiger partial charge in [0.1, 0.15) is 36.4 Å². The molecule has 5 nitrogen and oxygen atoms in total. The van der Waals surface area contributed by atoms with E-state index in [0.29, 0.717) is 28.2 Å². The number of nitrogens with two attached hydrogens (primary N) is 1. The summed E-state index contributed by atoms with van der Waals surface area (Å²) in [5.74, 6) is 0.930. The van der Waals surface area contributed by atoms with Crippen LogP contribution in [0.5, 0.6) is 11.5 Å². The molecule has 0 spiro atoms. The summed E-state index contributed by atoms with van der Waals surface area (Å²) < 4.78 is 26.4. The fourth-order valence-electron chi connectivity index (χ4n) is 3.43. The van der Waals surface area contributed by atoms with Gasteiger partial charge in [-0.1, -0.05) is 18.2 Å². The van der Waals surface area contributed by atoms with Gasteiger partial charge in [0, 0.05) is 28.9 Å². The first-order chi connectivity index (χ1) is 15.1. The predicted molar refractivity (Wildman–Crippen MR) is 120 cm³/mol. The van der Waals surface area contributed by atoms with Crippen molar-refractivity contribution in [3.63, 3.8) is 0 Å². The lowest BCUT2D eigenvalue weighted by Gasteiger charge is -2.12. The fraction of sp³-hybridized carbons (Fsp3) is 0.200. The van der Waals surface area contributed by atoms with Crippen LogP contribution in [0, 0.1) is 11.2 Å². The largest absolute Gasteiger partial charge is 0.489 e. The lowest BCUT2D eigenvalue weighted by atomic mass is 10.1. The molecule has 0 bridgehead atoms. The van der Waals surface area contributed by atoms with Gasteiger partial charge in [0.2, 0.25) is 0 Å². The summed E-state index contributed by atoms with van der Waals surface area (Å²) >= 11 is 0. The van der Waals surface area contributed by atoms with Crippen molar-refractivity contribution in [3.05, 3.63) is 94.8 Å². The number of nitrogens with one attached hydrogen (secondary N) is 1. The maximum Gasteiger partial charge on any atom is 0.136 e. The van der Waals surface area contributed by atoms with Crippen LogP contribution in [0.4, 0.5) is 4.39 Å². The molecule has 0 aliphatic carbocycles. The molecule has 158 valence electrons. The van der Waals surface area contributed by atoms with Crippen LogP contribution in [0.1, 0.15) is 35.1 Å². The second kappa shape index (κ2) is 9.43. The van der Waals surface area contributed by atoms with Crippen molar-refractivity contribution < 1.29 is 13.9 Å². The molecule has 0 saturated heterocycles. The van der Waals surface area contributed by atoms with Gasteiger partial charge >= 0.3 is 0 Å². The molecule has 0 atom stereocenters. The Morgan fingerprint density at radius 1 is 0.903 bits per heavy atom. The highest BCUT2D eigenvalue weighted by Crippen LogP contribution is 2.21. The smallest absolute Gasteiger partial charge is 0.136 e. The molecule has 1 aliphatic rings. The van der Waals surface area contributed by atoms with Crippen LogP contribution in [0.25, 0.3) is 0 Å². The Morgan fingerprint density at radius 3 is 2.00 bits per heavy atom. The third kappa shape index (κ3) is 5.09. The van der Waals surface area contributed by atoms with E-state index in [2.05, 4.69) is 4.99 Å². The maximum atomic E-state index is 14.9. The molecule has 0 amide bonds. The summed E-state index contributed by atoms with van der Waals surface area (Å²) in [6.45, 7) is 1.12. The van der Waals surface area contributed by atoms with Crippen molar-refractivity contribution in [1.29, 1.82) is 5.41 Å². The minimum atomic E-state index is -0.334. The SMILES string of the molecule is N=C(N)c1ccc(OCc2cccc(COc3ccc(C4=NCCC4)cc3)c2F)cc1. The van der Waals surface area contributed by atoms with Crippen molar-refractivity contribution in [1.82, 2.24) is 0 Å². The Hall–Kier alpha value is -3.67. The van der Waals surface area contributed by atoms with Crippen LogP contribution in [0.3, 0.4) is 0 Å². The van der Waals surface area contributed by atoms with E-state index in [1.54, 1.807) is 42.5 Å². The number of rotatable bonds is 8. The summed E-state index contributed by atoms with van der Waals surface area (Å²) in [6.07, 6.45) is 2.12. The Kier molecular flexibility index (Phi) is 6.26. The zero-order valence-electron chi connectivity index (χ0n) is 17.1. The van der Waals surface area contributed by atoms with E-state index >= 15 is 0 Å². The van der Waals surface area contributed by atoms with Gasteiger partial charge in [0.25, 0.3) is 0 Å². The molecule has 0 fully saturated rings. The third-order valence-electron chi connectivity index (χ3n) is 5.17. The molecule has 0 saturated carbocycles. The molecule has 3 aromatic rings. The van der Waals surface area contributed by atoms with Gasteiger partial charge in [-0.3, -0.25) is 10.4 Å². The van der Waals surface area contributed by atoms with E-state index in [4.69, 9.17) is 20.6 Å². The van der Waals surface area contributed by atoms with Gasteiger partial charge in [-0.15, -0.1) is 0 Å². The van der Waals surface area contributed by atoms with Gasteiger partial charge < -0.3 is 15.2 Å². The monoisotopic (exact) mass is 417 g/mol. The van der Waals surface area contributed by atoms with Crippen molar-refractivity contribution in [2.24, 2.45) is 10.7 Å². The third-order valence-corrected chi connectivity index (χ3v) is 5.17. The molecule has 6 heteroatoms. The average molecular weight is 417 g/mol. The van der Waals surface area contributed by atoms with Crippen LogP contribution in [-0.2, 0) is 13.2 Å². The average Bonchev–Trinajstić information content (AvgIpc) is 3.33. The van der Waals surface area contributed by atoms with E-state index in [1.165, 1.54) is 0 Å². The van der Waals surface area contributed by atoms with Crippen LogP contribution < -0.4 is 15.2 Å². The second-order valence-corrected chi connectivity index (χ2v) is 7.36. The van der Waals surface area contributed by atoms with Gasteiger partial charge in [0.15, 0.2) is 0 Å². The van der Waals surface area contributed by atoms with E-state index in [1.807, 2.05) is 24.3 Å². The highest BCUT2D eigenvalue weighted by atomic mass is 19.1. The molecule has 0 unspecified atom stereocenters. The van der Waals surface area contributed by atoms with Gasteiger partial charge in [-0.2, -0.15) is 0 Å². The number of amidine groups is 1. The van der Waals surface area contributed by atoms with Gasteiger partial charge in [0.05, 0.1) is 0 Å². The number of ether oxygens (including phenoxy) is 2. The highest BCUT2D eigenvalue weighted by molar-refractivity contribution is 6.01. The predicted octanol–water partition coefficient (Wildman–Crippen LogP) is 4.85. The Bertz CT molecular complexity index is 1090. The summed E-state index contributed by atoms with van der Waals surface area (Å²) in [7, 11) is 0. The van der Waals surface area contributed by atoms with E-state index in [0.717, 1.165) is 30.7 Å². The Labute approximate surface area is 180 Å². The van der Waals surface area contributed by atoms with E-state index < -0.39 is 0 Å². The van der Waals surface area contributed by atoms with Crippen LogP contribution >= 0.6 is 0 Å². The molecule has 0 radical (unpaired) electrons. The molecule has 1 aliphatic heterocycles. The lowest BCUT2D eigenvalue weighted by molar-refractivity contribution is 0.287. The van der Waals surface area contributed by atoms with E-state index in [9.17, 15) is 4.39 Å². The molecule has 31 heavy (non-hydrogen) atoms. The quantitative estimate of drug-likeness (QED) is 0.406. The van der Waals surface area contributed by atoms with Crippen molar-refractivity contribution in [3.8, 4) is 11.5 Å². The van der Waals surface area contributed by atoms with Crippen LogP contribution in [0.15, 0.2) is 71.7 Å². The zero-order valence-corrected chi connectivity index (χ0v) is 17.1. The Balaban J connectivity index is 1.36. The molecular weight excluding hydrogens is 393 g/mol. The first-order valence-corrected chi connectivity index (χ1v) is 10.2. The lowest BCUT2D eigenvalue weighted by Crippen LogP contribution is -2.10. The van der Waals surface area contributed by atoms with Crippen molar-refractivity contribution in [2.75, 3.05) is 6.54 Å². The zero-order chi connectivity index (χ0) is 21.6. The number of aliphatic imine (C=N–C) groups is 1. The van der Waals surface area contributed by atoms with E-state index in [-0.39, 0.29) is 24.9 Å². The molecule has 3 aromatic carbocycles. The summed E-state index contributed by atoms with van der Waals surface area (Å²) in [5.41, 5.74) is 9.24. The minimum absolute atomic E-state index is 0.00720. The Morgan fingerprint density at radius 2 is 1.48 bits per heavy atom. The fourth-order valence-corrected chi connectivity index (χ4v) is 3.43. The number of nitrogen functional groups attached to an aromatic ring is 1. The van der Waals surface area contributed by atoms with Gasteiger partial charge in [-0.05, 0) is 66.9 Å². The molecule has 1 heterocycles. The molecule has 3 N–H and O–H groups in total. The number of halogens is 1. The van der Waals surface area contributed by atoms with Crippen LogP contribution in [-0.4, -0.2) is 18.1 Å². The first-order valence-electron chi connectivity index (χ1n) is 10.2. The topological polar surface area (TPSA) is 80.7 Å². The number of hydrogen-bond donors (Lipinski definition) is 2. The number of hydrogen-bond acceptors (Lipinski definition) is 4. The summed E-state index contributed by atoms with van der Waals surface area (Å²) in [4.78, 5) is 4.50. The number of benzene rings is 3. The number of nitrogens with zero attached hydrogens (tertiary/aromatic N) is 1. The second-order valence-electron chi connectivity index (χ2n) is 7.36. The molecule has 0 aromatic heterocycles. The maximum absolute atomic E-state index is 14.9. The van der Waals surface area contributed by atoms with Gasteiger partial charge in [-0.25, -0.2) is 4.39 Å². The summed E-state index contributed by atoms with van der Waals surface area (Å²) in [6, 6.07) is 19.8. The first kappa shape index (κ1) is 20.6. The van der Waals surface area contributed by atoms with Crippen molar-refractivity contribution in [2.45, 2.75) is 26.1 Å². The standard InChI is InChI=1S/C25H24FN3O2/c26-24-19(15-30-21-10-6-17(7-11-21)23-5-2-14-29-23)3-1-4-20(24)16-31-22-12-8-18(9-13-22)25(27)28/h1,3-4,6-13H,2,5,14-16H2,(H3,27,28). The van der Waals surface area contributed by atoms with Crippen molar-refractivity contribution >= 4 is 11.5 Å². The molecule has 4 rings (SSSR count). The minimum Gasteiger partial charge on any atom is -0.489 e. The van der Waals surface area contributed by atoms with Crippen LogP contribution in [0.2, 0.25) is 0 Å². The highest BCUT2D eigenvalue weighted by Gasteiger charge is 2.11.